The monoisotopic (exact) mass is 256 g/mol. The average Bonchev–Trinajstić information content (AvgIpc) is 2.42. The van der Waals surface area contributed by atoms with Gasteiger partial charge in [0, 0.05) is 18.0 Å². The van der Waals surface area contributed by atoms with Crippen molar-refractivity contribution in [1.82, 2.24) is 10.3 Å². The fraction of sp³-hybridized carbons (Fsp3) is 0.312. The molecule has 2 aromatic rings. The Morgan fingerprint density at radius 1 is 1.37 bits per heavy atom. The lowest BCUT2D eigenvalue weighted by Crippen LogP contribution is -2.26. The summed E-state index contributed by atoms with van der Waals surface area (Å²) in [5.41, 5.74) is 2.01. The van der Waals surface area contributed by atoms with E-state index in [9.17, 15) is 0 Å². The van der Waals surface area contributed by atoms with Crippen molar-refractivity contribution in [3.05, 3.63) is 48.7 Å². The summed E-state index contributed by atoms with van der Waals surface area (Å²) in [6.07, 6.45) is 1.76. The molecule has 1 heterocycles. The van der Waals surface area contributed by atoms with Crippen LogP contribution in [0.15, 0.2) is 48.7 Å². The van der Waals surface area contributed by atoms with Gasteiger partial charge in [-0.2, -0.15) is 0 Å². The molecule has 0 aliphatic rings. The Hall–Kier alpha value is -1.87. The molecule has 3 heteroatoms. The zero-order chi connectivity index (χ0) is 13.7. The van der Waals surface area contributed by atoms with Crippen LogP contribution in [-0.4, -0.2) is 24.2 Å². The molecule has 100 valence electrons. The van der Waals surface area contributed by atoms with Crippen LogP contribution >= 0.6 is 0 Å². The Morgan fingerprint density at radius 3 is 2.95 bits per heavy atom. The number of nitrogens with one attached hydrogen (secondary N) is 1. The average molecular weight is 256 g/mol. The molecule has 0 amide bonds. The second-order valence-corrected chi connectivity index (χ2v) is 4.94. The van der Waals surface area contributed by atoms with E-state index in [1.807, 2.05) is 30.3 Å². The lowest BCUT2D eigenvalue weighted by atomic mass is 10.2. The van der Waals surface area contributed by atoms with Gasteiger partial charge in [0.05, 0.1) is 11.7 Å². The van der Waals surface area contributed by atoms with Gasteiger partial charge in [0.2, 0.25) is 0 Å². The summed E-state index contributed by atoms with van der Waals surface area (Å²) in [6.45, 7) is 9.51. The van der Waals surface area contributed by atoms with E-state index in [1.54, 1.807) is 6.20 Å². The van der Waals surface area contributed by atoms with Gasteiger partial charge in [0.15, 0.2) is 0 Å². The number of fused-ring (bicyclic) bond motifs is 1. The summed E-state index contributed by atoms with van der Waals surface area (Å²) in [5, 5.41) is 4.40. The number of ether oxygens (including phenoxy) is 1. The highest BCUT2D eigenvalue weighted by Gasteiger charge is 2.01. The molecule has 0 aliphatic carbocycles. The first-order valence-electron chi connectivity index (χ1n) is 6.53. The topological polar surface area (TPSA) is 34.1 Å². The van der Waals surface area contributed by atoms with Gasteiger partial charge in [0.1, 0.15) is 12.4 Å². The third-order valence-corrected chi connectivity index (χ3v) is 2.77. The second kappa shape index (κ2) is 6.34. The molecule has 0 spiro atoms. The Bertz CT molecular complexity index is 563. The highest BCUT2D eigenvalue weighted by molar-refractivity contribution is 5.79. The molecule has 0 fully saturated rings. The normalized spacial score (nSPS) is 10.9. The summed E-state index contributed by atoms with van der Waals surface area (Å²) >= 11 is 0. The fourth-order valence-corrected chi connectivity index (χ4v) is 1.71. The summed E-state index contributed by atoms with van der Waals surface area (Å²) in [5.74, 6) is 0.782. The Kier molecular flexibility index (Phi) is 4.53. The van der Waals surface area contributed by atoms with E-state index in [0.717, 1.165) is 28.8 Å². The standard InChI is InChI=1S/C16H20N2O/c1-12(2)17-9-13(3)11-19-15-8-14-6-4-5-7-16(14)18-10-15/h4-8,10,12,17H,3,9,11H2,1-2H3. The van der Waals surface area contributed by atoms with Crippen LogP contribution in [0.4, 0.5) is 0 Å². The van der Waals surface area contributed by atoms with Gasteiger partial charge in [-0.3, -0.25) is 4.98 Å². The molecule has 0 bridgehead atoms. The molecule has 1 aromatic carbocycles. The molecule has 3 nitrogen and oxygen atoms in total. The van der Waals surface area contributed by atoms with Crippen LogP contribution in [0, 0.1) is 0 Å². The van der Waals surface area contributed by atoms with Crippen LogP contribution < -0.4 is 10.1 Å². The van der Waals surface area contributed by atoms with Gasteiger partial charge >= 0.3 is 0 Å². The first-order chi connectivity index (χ1) is 9.15. The minimum Gasteiger partial charge on any atom is -0.488 e. The van der Waals surface area contributed by atoms with E-state index in [1.165, 1.54) is 0 Å². The van der Waals surface area contributed by atoms with Gasteiger partial charge in [-0.25, -0.2) is 0 Å². The minimum absolute atomic E-state index is 0.457. The number of hydrogen-bond donors (Lipinski definition) is 1. The lowest BCUT2D eigenvalue weighted by molar-refractivity contribution is 0.346. The molecular weight excluding hydrogens is 236 g/mol. The van der Waals surface area contributed by atoms with Gasteiger partial charge < -0.3 is 10.1 Å². The summed E-state index contributed by atoms with van der Waals surface area (Å²) in [6, 6.07) is 10.5. The predicted octanol–water partition coefficient (Wildman–Crippen LogP) is 3.17. The van der Waals surface area contributed by atoms with Crippen molar-refractivity contribution in [2.45, 2.75) is 19.9 Å². The van der Waals surface area contributed by atoms with Crippen molar-refractivity contribution in [3.8, 4) is 5.75 Å². The van der Waals surface area contributed by atoms with Crippen molar-refractivity contribution >= 4 is 10.9 Å². The Morgan fingerprint density at radius 2 is 2.16 bits per heavy atom. The molecule has 2 rings (SSSR count). The first-order valence-corrected chi connectivity index (χ1v) is 6.53. The van der Waals surface area contributed by atoms with Crippen LogP contribution in [0.5, 0.6) is 5.75 Å². The summed E-state index contributed by atoms with van der Waals surface area (Å²) in [4.78, 5) is 4.36. The van der Waals surface area contributed by atoms with Gasteiger partial charge in [0.25, 0.3) is 0 Å². The number of pyridine rings is 1. The lowest BCUT2D eigenvalue weighted by Gasteiger charge is -2.12. The van der Waals surface area contributed by atoms with Gasteiger partial charge in [-0.15, -0.1) is 0 Å². The maximum atomic E-state index is 5.71. The number of hydrogen-bond acceptors (Lipinski definition) is 3. The third kappa shape index (κ3) is 4.07. The van der Waals surface area contributed by atoms with Crippen molar-refractivity contribution in [2.24, 2.45) is 0 Å². The van der Waals surface area contributed by atoms with Crippen molar-refractivity contribution < 1.29 is 4.74 Å². The number of para-hydroxylation sites is 1. The van der Waals surface area contributed by atoms with Crippen molar-refractivity contribution in [1.29, 1.82) is 0 Å². The van der Waals surface area contributed by atoms with Gasteiger partial charge in [-0.05, 0) is 17.7 Å². The quantitative estimate of drug-likeness (QED) is 0.806. The predicted molar refractivity (Wildman–Crippen MR) is 79.5 cm³/mol. The van der Waals surface area contributed by atoms with Crippen LogP contribution in [0.25, 0.3) is 10.9 Å². The second-order valence-electron chi connectivity index (χ2n) is 4.94. The van der Waals surface area contributed by atoms with E-state index in [4.69, 9.17) is 4.74 Å². The van der Waals surface area contributed by atoms with Crippen LogP contribution in [0.1, 0.15) is 13.8 Å². The SMILES string of the molecule is C=C(CNC(C)C)COc1cnc2ccccc2c1. The van der Waals surface area contributed by atoms with Crippen LogP contribution in [-0.2, 0) is 0 Å². The summed E-state index contributed by atoms with van der Waals surface area (Å²) in [7, 11) is 0. The smallest absolute Gasteiger partial charge is 0.138 e. The number of nitrogens with zero attached hydrogens (tertiary/aromatic N) is 1. The van der Waals surface area contributed by atoms with Crippen molar-refractivity contribution in [2.75, 3.05) is 13.2 Å². The maximum Gasteiger partial charge on any atom is 0.138 e. The van der Waals surface area contributed by atoms with Crippen LogP contribution in [0.3, 0.4) is 0 Å². The molecule has 1 aromatic heterocycles. The molecule has 0 saturated heterocycles. The van der Waals surface area contributed by atoms with Gasteiger partial charge in [-0.1, -0.05) is 38.6 Å². The molecule has 0 unspecified atom stereocenters. The molecule has 0 saturated carbocycles. The first kappa shape index (κ1) is 13.6. The zero-order valence-corrected chi connectivity index (χ0v) is 11.5. The van der Waals surface area contributed by atoms with Crippen molar-refractivity contribution in [3.63, 3.8) is 0 Å². The highest BCUT2D eigenvalue weighted by Crippen LogP contribution is 2.18. The Balaban J connectivity index is 1.92. The molecule has 19 heavy (non-hydrogen) atoms. The number of aromatic nitrogens is 1. The zero-order valence-electron chi connectivity index (χ0n) is 11.5. The number of benzene rings is 1. The fourth-order valence-electron chi connectivity index (χ4n) is 1.71. The third-order valence-electron chi connectivity index (χ3n) is 2.77. The molecule has 0 aliphatic heterocycles. The van der Waals surface area contributed by atoms with E-state index >= 15 is 0 Å². The highest BCUT2D eigenvalue weighted by atomic mass is 16.5. The molecular formula is C16H20N2O. The molecule has 0 atom stereocenters. The van der Waals surface area contributed by atoms with Crippen LogP contribution in [0.2, 0.25) is 0 Å². The maximum absolute atomic E-state index is 5.71. The van der Waals surface area contributed by atoms with E-state index < -0.39 is 0 Å². The number of rotatable bonds is 6. The molecule has 0 radical (unpaired) electrons. The largest absolute Gasteiger partial charge is 0.488 e. The van der Waals surface area contributed by atoms with E-state index in [-0.39, 0.29) is 0 Å². The minimum atomic E-state index is 0.457. The van der Waals surface area contributed by atoms with E-state index in [0.29, 0.717) is 12.6 Å². The van der Waals surface area contributed by atoms with E-state index in [2.05, 4.69) is 30.7 Å². The Labute approximate surface area is 114 Å². The molecule has 1 N–H and O–H groups in total. The summed E-state index contributed by atoms with van der Waals surface area (Å²) < 4.78 is 5.71.